The number of aryl methyl sites for hydroxylation is 1. The van der Waals surface area contributed by atoms with E-state index in [9.17, 15) is 8.42 Å². The molecule has 0 aliphatic rings. The van der Waals surface area contributed by atoms with E-state index in [1.54, 1.807) is 41.1 Å². The third kappa shape index (κ3) is 3.41. The molecule has 5 rings (SSSR count). The molecule has 3 aromatic carbocycles. The minimum absolute atomic E-state index is 0.0912. The maximum atomic E-state index is 13.2. The van der Waals surface area contributed by atoms with Crippen LogP contribution in [-0.4, -0.2) is 22.8 Å². The third-order valence-corrected chi connectivity index (χ3v) is 7.01. The fourth-order valence-electron chi connectivity index (χ4n) is 3.59. The number of aromatic nitrogens is 3. The maximum absolute atomic E-state index is 13.2. The Morgan fingerprint density at radius 1 is 0.742 bits per heavy atom. The van der Waals surface area contributed by atoms with Gasteiger partial charge in [0, 0.05) is 18.0 Å². The summed E-state index contributed by atoms with van der Waals surface area (Å²) in [6, 6.07) is 24.9. The number of rotatable bonds is 4. The Balaban J connectivity index is 1.59. The van der Waals surface area contributed by atoms with Gasteiger partial charge < -0.3 is 0 Å². The SMILES string of the molecule is Cc1ccc(S(=O)(=O)c2cnc(-c3ccc(-c4ccccc4)cc3)c3nccn23)cc1. The van der Waals surface area contributed by atoms with Crippen molar-refractivity contribution in [3.8, 4) is 22.4 Å². The minimum Gasteiger partial charge on any atom is -0.287 e. The molecule has 0 saturated carbocycles. The molecule has 5 aromatic rings. The number of sulfone groups is 1. The zero-order valence-corrected chi connectivity index (χ0v) is 17.6. The Hall–Kier alpha value is -3.77. The van der Waals surface area contributed by atoms with E-state index in [4.69, 9.17) is 0 Å². The molecule has 0 bridgehead atoms. The van der Waals surface area contributed by atoms with Gasteiger partial charge in [0.15, 0.2) is 10.7 Å². The van der Waals surface area contributed by atoms with E-state index in [2.05, 4.69) is 22.1 Å². The molecule has 0 amide bonds. The number of hydrogen-bond donors (Lipinski definition) is 0. The van der Waals surface area contributed by atoms with Crippen LogP contribution < -0.4 is 0 Å². The van der Waals surface area contributed by atoms with Gasteiger partial charge in [-0.15, -0.1) is 0 Å². The summed E-state index contributed by atoms with van der Waals surface area (Å²) in [5.74, 6) is 0. The number of fused-ring (bicyclic) bond motifs is 1. The van der Waals surface area contributed by atoms with Gasteiger partial charge in [0.2, 0.25) is 9.84 Å². The van der Waals surface area contributed by atoms with E-state index >= 15 is 0 Å². The molecule has 31 heavy (non-hydrogen) atoms. The van der Waals surface area contributed by atoms with Crippen molar-refractivity contribution >= 4 is 15.5 Å². The molecule has 6 heteroatoms. The molecule has 0 unspecified atom stereocenters. The molecule has 0 aliphatic carbocycles. The average molecular weight is 426 g/mol. The van der Waals surface area contributed by atoms with Crippen molar-refractivity contribution < 1.29 is 8.42 Å². The van der Waals surface area contributed by atoms with E-state index in [0.29, 0.717) is 11.3 Å². The monoisotopic (exact) mass is 425 g/mol. The highest BCUT2D eigenvalue weighted by Gasteiger charge is 2.23. The van der Waals surface area contributed by atoms with Gasteiger partial charge in [-0.05, 0) is 30.2 Å². The molecule has 5 nitrogen and oxygen atoms in total. The predicted molar refractivity (Wildman–Crippen MR) is 120 cm³/mol. The van der Waals surface area contributed by atoms with Gasteiger partial charge in [0.1, 0.15) is 5.69 Å². The van der Waals surface area contributed by atoms with Crippen molar-refractivity contribution in [2.45, 2.75) is 16.8 Å². The van der Waals surface area contributed by atoms with E-state index < -0.39 is 9.84 Å². The van der Waals surface area contributed by atoms with Crippen LogP contribution >= 0.6 is 0 Å². The highest BCUT2D eigenvalue weighted by molar-refractivity contribution is 7.91. The normalized spacial score (nSPS) is 11.6. The minimum atomic E-state index is -3.73. The first-order valence-corrected chi connectivity index (χ1v) is 11.3. The largest absolute Gasteiger partial charge is 0.287 e. The highest BCUT2D eigenvalue weighted by Crippen LogP contribution is 2.28. The summed E-state index contributed by atoms with van der Waals surface area (Å²) in [4.78, 5) is 9.12. The van der Waals surface area contributed by atoms with Crippen LogP contribution in [-0.2, 0) is 9.84 Å². The van der Waals surface area contributed by atoms with E-state index in [0.717, 1.165) is 22.3 Å². The first-order valence-electron chi connectivity index (χ1n) is 9.84. The van der Waals surface area contributed by atoms with Crippen molar-refractivity contribution in [3.63, 3.8) is 0 Å². The van der Waals surface area contributed by atoms with E-state index in [-0.39, 0.29) is 9.92 Å². The molecule has 2 heterocycles. The Labute approximate surface area is 180 Å². The zero-order valence-electron chi connectivity index (χ0n) is 16.8. The van der Waals surface area contributed by atoms with Crippen molar-refractivity contribution in [3.05, 3.63) is 103 Å². The summed E-state index contributed by atoms with van der Waals surface area (Å²) in [6.07, 6.45) is 4.65. The Morgan fingerprint density at radius 3 is 2.10 bits per heavy atom. The molecule has 0 atom stereocenters. The summed E-state index contributed by atoms with van der Waals surface area (Å²) < 4.78 is 28.0. The lowest BCUT2D eigenvalue weighted by Crippen LogP contribution is -2.09. The lowest BCUT2D eigenvalue weighted by atomic mass is 10.0. The van der Waals surface area contributed by atoms with Gasteiger partial charge in [-0.3, -0.25) is 4.40 Å². The highest BCUT2D eigenvalue weighted by atomic mass is 32.2. The van der Waals surface area contributed by atoms with Gasteiger partial charge in [0.05, 0.1) is 11.1 Å². The van der Waals surface area contributed by atoms with Crippen LogP contribution in [0.3, 0.4) is 0 Å². The Morgan fingerprint density at radius 2 is 1.39 bits per heavy atom. The van der Waals surface area contributed by atoms with Gasteiger partial charge in [-0.25, -0.2) is 18.4 Å². The average Bonchev–Trinajstić information content (AvgIpc) is 3.29. The fourth-order valence-corrected chi connectivity index (χ4v) is 4.92. The predicted octanol–water partition coefficient (Wildman–Crippen LogP) is 5.20. The lowest BCUT2D eigenvalue weighted by molar-refractivity contribution is 0.590. The Kier molecular flexibility index (Phi) is 4.64. The second-order valence-corrected chi connectivity index (χ2v) is 9.22. The van der Waals surface area contributed by atoms with Gasteiger partial charge in [0.25, 0.3) is 0 Å². The second kappa shape index (κ2) is 7.49. The summed E-state index contributed by atoms with van der Waals surface area (Å²) in [5.41, 5.74) is 5.23. The topological polar surface area (TPSA) is 64.3 Å². The molecule has 0 saturated heterocycles. The van der Waals surface area contributed by atoms with Gasteiger partial charge >= 0.3 is 0 Å². The summed E-state index contributed by atoms with van der Waals surface area (Å²) >= 11 is 0. The van der Waals surface area contributed by atoms with Crippen molar-refractivity contribution in [2.75, 3.05) is 0 Å². The molecular weight excluding hydrogens is 406 g/mol. The summed E-state index contributed by atoms with van der Waals surface area (Å²) in [5, 5.41) is 0.0912. The van der Waals surface area contributed by atoms with Gasteiger partial charge in [-0.2, -0.15) is 0 Å². The van der Waals surface area contributed by atoms with Crippen LogP contribution in [0.4, 0.5) is 0 Å². The van der Waals surface area contributed by atoms with Crippen LogP contribution in [0.25, 0.3) is 28.0 Å². The van der Waals surface area contributed by atoms with E-state index in [1.165, 1.54) is 6.20 Å². The first-order chi connectivity index (χ1) is 15.0. The number of nitrogens with zero attached hydrogens (tertiary/aromatic N) is 3. The fraction of sp³-hybridized carbons (Fsp3) is 0.0400. The number of benzene rings is 3. The van der Waals surface area contributed by atoms with Gasteiger partial charge in [-0.1, -0.05) is 72.3 Å². The van der Waals surface area contributed by atoms with Crippen molar-refractivity contribution in [1.29, 1.82) is 0 Å². The summed E-state index contributed by atoms with van der Waals surface area (Å²) in [6.45, 7) is 1.92. The summed E-state index contributed by atoms with van der Waals surface area (Å²) in [7, 11) is -3.73. The molecule has 152 valence electrons. The quantitative estimate of drug-likeness (QED) is 0.397. The molecule has 0 aliphatic heterocycles. The molecule has 0 spiro atoms. The second-order valence-electron chi connectivity index (χ2n) is 7.33. The molecule has 0 N–H and O–H groups in total. The first kappa shape index (κ1) is 19.2. The van der Waals surface area contributed by atoms with Crippen LogP contribution in [0.2, 0.25) is 0 Å². The van der Waals surface area contributed by atoms with Crippen LogP contribution in [0, 0.1) is 6.92 Å². The lowest BCUT2D eigenvalue weighted by Gasteiger charge is -2.10. The molecular formula is C25H19N3O2S. The zero-order chi connectivity index (χ0) is 21.4. The number of hydrogen-bond acceptors (Lipinski definition) is 4. The van der Waals surface area contributed by atoms with E-state index in [1.807, 2.05) is 49.4 Å². The maximum Gasteiger partial charge on any atom is 0.223 e. The van der Waals surface area contributed by atoms with Crippen molar-refractivity contribution in [1.82, 2.24) is 14.4 Å². The molecule has 0 fully saturated rings. The molecule has 0 radical (unpaired) electrons. The van der Waals surface area contributed by atoms with Crippen molar-refractivity contribution in [2.24, 2.45) is 0 Å². The van der Waals surface area contributed by atoms with Crippen LogP contribution in [0.15, 0.2) is 107 Å². The van der Waals surface area contributed by atoms with Crippen LogP contribution in [0.5, 0.6) is 0 Å². The Bertz CT molecular complexity index is 1470. The molecule has 2 aromatic heterocycles. The van der Waals surface area contributed by atoms with Crippen LogP contribution in [0.1, 0.15) is 5.56 Å². The third-order valence-electron chi connectivity index (χ3n) is 5.27. The standard InChI is InChI=1S/C25H19N3O2S/c1-18-7-13-22(14-8-18)31(29,30)23-17-27-24(25-26-15-16-28(23)25)21-11-9-20(10-12-21)19-5-3-2-4-6-19/h2-17H,1H3. The number of imidazole rings is 1. The smallest absolute Gasteiger partial charge is 0.223 e.